The van der Waals surface area contributed by atoms with Crippen molar-refractivity contribution in [3.05, 3.63) is 66.8 Å². The maximum Gasteiger partial charge on any atom is 0.178 e. The van der Waals surface area contributed by atoms with Crippen LogP contribution < -0.4 is 5.32 Å². The van der Waals surface area contributed by atoms with E-state index in [2.05, 4.69) is 39.6 Å². The summed E-state index contributed by atoms with van der Waals surface area (Å²) in [7, 11) is 0. The molecule has 0 spiro atoms. The number of nitrogens with zero attached hydrogens (tertiary/aromatic N) is 3. The Morgan fingerprint density at radius 1 is 1.22 bits per heavy atom. The largest absolute Gasteiger partial charge is 0.395 e. The van der Waals surface area contributed by atoms with Crippen molar-refractivity contribution < 1.29 is 5.11 Å². The maximum atomic E-state index is 9.50. The molecule has 1 aliphatic carbocycles. The summed E-state index contributed by atoms with van der Waals surface area (Å²) in [6, 6.07) is 7.97. The Morgan fingerprint density at radius 3 is 2.96 bits per heavy atom. The molecule has 0 amide bonds. The highest BCUT2D eigenvalue weighted by atomic mass is 32.1. The van der Waals surface area contributed by atoms with Crippen molar-refractivity contribution in [2.45, 2.75) is 12.8 Å². The fourth-order valence-electron chi connectivity index (χ4n) is 3.33. The molecule has 0 unspecified atom stereocenters. The van der Waals surface area contributed by atoms with Gasteiger partial charge in [-0.15, -0.1) is 0 Å². The van der Waals surface area contributed by atoms with Crippen LogP contribution in [0, 0.1) is 0 Å². The zero-order valence-corrected chi connectivity index (χ0v) is 15.6. The second kappa shape index (κ2) is 7.82. The van der Waals surface area contributed by atoms with Crippen LogP contribution in [0.15, 0.2) is 66.8 Å². The molecule has 0 radical (unpaired) electrons. The van der Waals surface area contributed by atoms with E-state index < -0.39 is 0 Å². The van der Waals surface area contributed by atoms with E-state index in [1.807, 2.05) is 29.3 Å². The van der Waals surface area contributed by atoms with Crippen molar-refractivity contribution in [2.75, 3.05) is 18.5 Å². The lowest BCUT2D eigenvalue weighted by Crippen LogP contribution is -2.36. The first-order chi connectivity index (χ1) is 13.3. The Kier molecular flexibility index (Phi) is 5.09. The van der Waals surface area contributed by atoms with Gasteiger partial charge in [0.15, 0.2) is 5.11 Å². The van der Waals surface area contributed by atoms with Gasteiger partial charge >= 0.3 is 0 Å². The van der Waals surface area contributed by atoms with Crippen molar-refractivity contribution >= 4 is 44.7 Å². The van der Waals surface area contributed by atoms with Crippen molar-refractivity contribution in [1.82, 2.24) is 14.9 Å². The molecule has 0 bridgehead atoms. The standard InChI is InChI=1S/C21H20N4OS/c26-12-11-25(16-5-2-1-3-6-16)21(27)24-19-13-15-8-10-22-14-18(15)20-17(19)7-4-9-23-20/h2,4-10,13-14,26H,1,3,11-12H2,(H,24,27). The lowest BCUT2D eigenvalue weighted by molar-refractivity contribution is 0.268. The number of pyridine rings is 2. The van der Waals surface area contributed by atoms with Gasteiger partial charge in [-0.05, 0) is 60.8 Å². The van der Waals surface area contributed by atoms with Crippen molar-refractivity contribution in [3.8, 4) is 0 Å². The number of hydrogen-bond donors (Lipinski definition) is 2. The number of benzene rings is 1. The first-order valence-electron chi connectivity index (χ1n) is 8.95. The van der Waals surface area contributed by atoms with E-state index in [1.165, 1.54) is 0 Å². The summed E-state index contributed by atoms with van der Waals surface area (Å²) < 4.78 is 0. The smallest absolute Gasteiger partial charge is 0.178 e. The quantitative estimate of drug-likeness (QED) is 0.530. The summed E-state index contributed by atoms with van der Waals surface area (Å²) in [5.41, 5.74) is 2.80. The Labute approximate surface area is 163 Å². The fourth-order valence-corrected chi connectivity index (χ4v) is 3.64. The van der Waals surface area contributed by atoms with Gasteiger partial charge in [0.2, 0.25) is 0 Å². The summed E-state index contributed by atoms with van der Waals surface area (Å²) in [5.74, 6) is 0. The van der Waals surface area contributed by atoms with Crippen LogP contribution in [0.3, 0.4) is 0 Å². The second-order valence-electron chi connectivity index (χ2n) is 6.33. The number of thiocarbonyl (C=S) groups is 1. The van der Waals surface area contributed by atoms with Crippen LogP contribution >= 0.6 is 12.2 Å². The van der Waals surface area contributed by atoms with Crippen molar-refractivity contribution in [1.29, 1.82) is 0 Å². The third-order valence-electron chi connectivity index (χ3n) is 4.61. The predicted octanol–water partition coefficient (Wildman–Crippen LogP) is 4.01. The van der Waals surface area contributed by atoms with Crippen LogP contribution in [-0.4, -0.2) is 38.2 Å². The molecule has 1 aromatic carbocycles. The van der Waals surface area contributed by atoms with E-state index in [-0.39, 0.29) is 6.61 Å². The zero-order chi connectivity index (χ0) is 18.6. The highest BCUT2D eigenvalue weighted by Crippen LogP contribution is 2.30. The average Bonchev–Trinajstić information content (AvgIpc) is 2.72. The van der Waals surface area contributed by atoms with Crippen LogP contribution in [-0.2, 0) is 0 Å². The number of rotatable bonds is 4. The van der Waals surface area contributed by atoms with Crippen LogP contribution in [0.4, 0.5) is 5.69 Å². The second-order valence-corrected chi connectivity index (χ2v) is 6.72. The van der Waals surface area contributed by atoms with Crippen molar-refractivity contribution in [3.63, 3.8) is 0 Å². The molecular formula is C21H20N4OS. The van der Waals surface area contributed by atoms with Crippen LogP contribution in [0.2, 0.25) is 0 Å². The Hall–Kier alpha value is -2.83. The van der Waals surface area contributed by atoms with Gasteiger partial charge in [0, 0.05) is 41.6 Å². The molecule has 3 aromatic rings. The van der Waals surface area contributed by atoms with E-state index >= 15 is 0 Å². The highest BCUT2D eigenvalue weighted by Gasteiger charge is 2.16. The number of aliphatic hydroxyl groups is 1. The summed E-state index contributed by atoms with van der Waals surface area (Å²) in [6.45, 7) is 0.467. The van der Waals surface area contributed by atoms with Gasteiger partial charge in [-0.2, -0.15) is 0 Å². The van der Waals surface area contributed by atoms with Crippen molar-refractivity contribution in [2.24, 2.45) is 0 Å². The van der Waals surface area contributed by atoms with Gasteiger partial charge in [0.25, 0.3) is 0 Å². The Bertz CT molecular complexity index is 1060. The number of allylic oxidation sites excluding steroid dienone is 3. The molecule has 0 aliphatic heterocycles. The number of hydrogen-bond acceptors (Lipinski definition) is 4. The van der Waals surface area contributed by atoms with Gasteiger partial charge in [0.05, 0.1) is 17.8 Å². The summed E-state index contributed by atoms with van der Waals surface area (Å²) in [4.78, 5) is 10.7. The molecule has 4 rings (SSSR count). The zero-order valence-electron chi connectivity index (χ0n) is 14.8. The molecule has 0 fully saturated rings. The molecule has 6 heteroatoms. The number of fused-ring (bicyclic) bond motifs is 3. The molecule has 1 aliphatic rings. The number of aromatic nitrogens is 2. The number of anilines is 1. The normalized spacial score (nSPS) is 13.6. The fraction of sp³-hybridized carbons (Fsp3) is 0.190. The third kappa shape index (κ3) is 3.54. The predicted molar refractivity (Wildman–Crippen MR) is 114 cm³/mol. The van der Waals surface area contributed by atoms with Crippen LogP contribution in [0.1, 0.15) is 12.8 Å². The monoisotopic (exact) mass is 376 g/mol. The third-order valence-corrected chi connectivity index (χ3v) is 4.93. The molecule has 0 atom stereocenters. The minimum absolute atomic E-state index is 0.0265. The first kappa shape index (κ1) is 17.6. The van der Waals surface area contributed by atoms with Crippen LogP contribution in [0.5, 0.6) is 0 Å². The molecular weight excluding hydrogens is 356 g/mol. The highest BCUT2D eigenvalue weighted by molar-refractivity contribution is 7.80. The Balaban J connectivity index is 1.74. The molecule has 0 saturated carbocycles. The molecule has 27 heavy (non-hydrogen) atoms. The molecule has 0 saturated heterocycles. The van der Waals surface area contributed by atoms with Gasteiger partial charge in [-0.3, -0.25) is 9.97 Å². The topological polar surface area (TPSA) is 61.3 Å². The van der Waals surface area contributed by atoms with E-state index in [4.69, 9.17) is 12.2 Å². The van der Waals surface area contributed by atoms with E-state index in [0.29, 0.717) is 11.7 Å². The van der Waals surface area contributed by atoms with Gasteiger partial charge in [0.1, 0.15) is 0 Å². The summed E-state index contributed by atoms with van der Waals surface area (Å²) in [6.07, 6.45) is 13.7. The van der Waals surface area contributed by atoms with Gasteiger partial charge < -0.3 is 15.3 Å². The van der Waals surface area contributed by atoms with Crippen LogP contribution in [0.25, 0.3) is 21.7 Å². The number of nitrogens with one attached hydrogen (secondary N) is 1. The number of aliphatic hydroxyl groups excluding tert-OH is 1. The van der Waals surface area contributed by atoms with Gasteiger partial charge in [-0.25, -0.2) is 0 Å². The summed E-state index contributed by atoms with van der Waals surface area (Å²) >= 11 is 5.69. The minimum Gasteiger partial charge on any atom is -0.395 e. The molecule has 136 valence electrons. The molecule has 2 heterocycles. The van der Waals surface area contributed by atoms with E-state index in [0.717, 1.165) is 45.9 Å². The van der Waals surface area contributed by atoms with Gasteiger partial charge in [-0.1, -0.05) is 12.2 Å². The molecule has 2 aromatic heterocycles. The Morgan fingerprint density at radius 2 is 2.15 bits per heavy atom. The molecule has 2 N–H and O–H groups in total. The molecule has 5 nitrogen and oxygen atoms in total. The lowest BCUT2D eigenvalue weighted by Gasteiger charge is -2.27. The summed E-state index contributed by atoms with van der Waals surface area (Å²) in [5, 5.41) is 16.5. The SMILES string of the molecule is OCCN(C(=S)Nc1cc2ccncc2c2ncccc12)C1=CCCC=C1. The average molecular weight is 376 g/mol. The first-order valence-corrected chi connectivity index (χ1v) is 9.36. The van der Waals surface area contributed by atoms with E-state index in [1.54, 1.807) is 12.4 Å². The minimum atomic E-state index is 0.0265. The van der Waals surface area contributed by atoms with E-state index in [9.17, 15) is 5.11 Å². The maximum absolute atomic E-state index is 9.50. The lowest BCUT2D eigenvalue weighted by atomic mass is 10.1.